The van der Waals surface area contributed by atoms with Crippen molar-refractivity contribution in [1.82, 2.24) is 5.16 Å². The highest BCUT2D eigenvalue weighted by molar-refractivity contribution is 7.13. The van der Waals surface area contributed by atoms with Crippen LogP contribution in [0.15, 0.2) is 46.3 Å². The fourth-order valence-corrected chi connectivity index (χ4v) is 2.92. The van der Waals surface area contributed by atoms with Gasteiger partial charge >= 0.3 is 5.97 Å². The third-order valence-electron chi connectivity index (χ3n) is 3.19. The molecule has 0 spiro atoms. The van der Waals surface area contributed by atoms with E-state index in [0.29, 0.717) is 22.2 Å². The number of esters is 1. The van der Waals surface area contributed by atoms with E-state index >= 15 is 0 Å². The summed E-state index contributed by atoms with van der Waals surface area (Å²) in [4.78, 5) is 12.7. The van der Waals surface area contributed by atoms with Crippen LogP contribution in [0.3, 0.4) is 0 Å². The van der Waals surface area contributed by atoms with Crippen LogP contribution >= 0.6 is 22.9 Å². The lowest BCUT2D eigenvalue weighted by Crippen LogP contribution is -2.15. The molecule has 5 nitrogen and oxygen atoms in total. The first kappa shape index (κ1) is 16.5. The molecule has 0 aliphatic rings. The molecule has 1 aromatic carbocycles. The summed E-state index contributed by atoms with van der Waals surface area (Å²) in [5.41, 5.74) is 1.40. The number of rotatable bonds is 6. The molecule has 0 fully saturated rings. The van der Waals surface area contributed by atoms with Gasteiger partial charge in [-0.2, -0.15) is 0 Å². The van der Waals surface area contributed by atoms with E-state index in [2.05, 4.69) is 5.16 Å². The fraction of sp³-hybridized carbons (Fsp3) is 0.176. The molecule has 2 heterocycles. The first-order valence-electron chi connectivity index (χ1n) is 7.16. The zero-order chi connectivity index (χ0) is 16.9. The Kier molecular flexibility index (Phi) is 5.17. The molecule has 0 N–H and O–H groups in total. The van der Waals surface area contributed by atoms with Crippen LogP contribution in [-0.4, -0.2) is 17.7 Å². The minimum absolute atomic E-state index is 0.0384. The Morgan fingerprint density at radius 3 is 2.96 bits per heavy atom. The molecule has 0 amide bonds. The standard InChI is InChI=1S/C17H14ClNO4S/c1-11-7-12(18)4-5-14(11)21-10-17(20)22-9-13-8-15(23-19-13)16-3-2-6-24-16/h2-8H,9-10H2,1H3. The quantitative estimate of drug-likeness (QED) is 0.604. The summed E-state index contributed by atoms with van der Waals surface area (Å²) in [7, 11) is 0. The predicted octanol–water partition coefficient (Wildman–Crippen LogP) is 4.49. The predicted molar refractivity (Wildman–Crippen MR) is 91.3 cm³/mol. The minimum atomic E-state index is -0.481. The number of aromatic nitrogens is 1. The molecule has 24 heavy (non-hydrogen) atoms. The molecular weight excluding hydrogens is 350 g/mol. The second-order valence-corrected chi connectivity index (χ2v) is 6.40. The smallest absolute Gasteiger partial charge is 0.344 e. The van der Waals surface area contributed by atoms with Gasteiger partial charge in [0, 0.05) is 11.1 Å². The first-order valence-corrected chi connectivity index (χ1v) is 8.41. The molecule has 2 aromatic heterocycles. The lowest BCUT2D eigenvalue weighted by molar-refractivity contribution is -0.147. The van der Waals surface area contributed by atoms with E-state index in [0.717, 1.165) is 10.4 Å². The van der Waals surface area contributed by atoms with E-state index in [1.807, 2.05) is 24.4 Å². The normalized spacial score (nSPS) is 10.6. The second kappa shape index (κ2) is 7.51. The van der Waals surface area contributed by atoms with Crippen LogP contribution in [0, 0.1) is 6.92 Å². The topological polar surface area (TPSA) is 61.6 Å². The van der Waals surface area contributed by atoms with Crippen molar-refractivity contribution in [3.05, 3.63) is 58.1 Å². The summed E-state index contributed by atoms with van der Waals surface area (Å²) in [5, 5.41) is 6.46. The van der Waals surface area contributed by atoms with Gasteiger partial charge in [-0.15, -0.1) is 11.3 Å². The van der Waals surface area contributed by atoms with Crippen molar-refractivity contribution in [3.63, 3.8) is 0 Å². The van der Waals surface area contributed by atoms with Gasteiger partial charge in [0.1, 0.15) is 18.1 Å². The molecule has 3 rings (SSSR count). The molecule has 0 unspecified atom stereocenters. The molecule has 3 aromatic rings. The van der Waals surface area contributed by atoms with Gasteiger partial charge in [-0.05, 0) is 42.1 Å². The van der Waals surface area contributed by atoms with Gasteiger partial charge in [-0.1, -0.05) is 22.8 Å². The Bertz CT molecular complexity index is 829. The number of hydrogen-bond donors (Lipinski definition) is 0. The Hall–Kier alpha value is -2.31. The third-order valence-corrected chi connectivity index (χ3v) is 4.31. The molecule has 0 saturated carbocycles. The van der Waals surface area contributed by atoms with Crippen molar-refractivity contribution >= 4 is 28.9 Å². The number of carbonyl (C=O) groups excluding carboxylic acids is 1. The van der Waals surface area contributed by atoms with Gasteiger partial charge in [-0.3, -0.25) is 0 Å². The SMILES string of the molecule is Cc1cc(Cl)ccc1OCC(=O)OCc1cc(-c2cccs2)on1. The van der Waals surface area contributed by atoms with Crippen molar-refractivity contribution in [2.24, 2.45) is 0 Å². The Labute approximate surface area is 147 Å². The van der Waals surface area contributed by atoms with E-state index in [1.54, 1.807) is 35.6 Å². The number of hydrogen-bond acceptors (Lipinski definition) is 6. The van der Waals surface area contributed by atoms with E-state index < -0.39 is 5.97 Å². The number of aryl methyl sites for hydroxylation is 1. The number of thiophene rings is 1. The highest BCUT2D eigenvalue weighted by atomic mass is 35.5. The zero-order valence-electron chi connectivity index (χ0n) is 12.8. The van der Waals surface area contributed by atoms with Crippen LogP contribution in [0.2, 0.25) is 5.02 Å². The van der Waals surface area contributed by atoms with E-state index in [4.69, 9.17) is 25.6 Å². The van der Waals surface area contributed by atoms with Gasteiger partial charge < -0.3 is 14.0 Å². The highest BCUT2D eigenvalue weighted by Gasteiger charge is 2.11. The van der Waals surface area contributed by atoms with Crippen LogP contribution in [0.4, 0.5) is 0 Å². The summed E-state index contributed by atoms with van der Waals surface area (Å²) < 4.78 is 15.8. The van der Waals surface area contributed by atoms with E-state index in [9.17, 15) is 4.79 Å². The molecule has 7 heteroatoms. The van der Waals surface area contributed by atoms with Crippen molar-refractivity contribution in [1.29, 1.82) is 0 Å². The molecule has 0 aliphatic carbocycles. The van der Waals surface area contributed by atoms with Crippen molar-refractivity contribution in [2.75, 3.05) is 6.61 Å². The average Bonchev–Trinajstić information content (AvgIpc) is 3.23. The van der Waals surface area contributed by atoms with Gasteiger partial charge in [-0.25, -0.2) is 4.79 Å². The Balaban J connectivity index is 1.49. The maximum atomic E-state index is 11.8. The number of ether oxygens (including phenoxy) is 2. The van der Waals surface area contributed by atoms with Crippen LogP contribution in [0.5, 0.6) is 5.75 Å². The largest absolute Gasteiger partial charge is 0.482 e. The highest BCUT2D eigenvalue weighted by Crippen LogP contribution is 2.25. The summed E-state index contributed by atoms with van der Waals surface area (Å²) in [6, 6.07) is 10.8. The lowest BCUT2D eigenvalue weighted by atomic mass is 10.2. The lowest BCUT2D eigenvalue weighted by Gasteiger charge is -2.08. The van der Waals surface area contributed by atoms with Gasteiger partial charge in [0.05, 0.1) is 4.88 Å². The number of carbonyl (C=O) groups is 1. The van der Waals surface area contributed by atoms with Crippen LogP contribution < -0.4 is 4.74 Å². The van der Waals surface area contributed by atoms with Crippen molar-refractivity contribution < 1.29 is 18.8 Å². The van der Waals surface area contributed by atoms with Crippen LogP contribution in [0.25, 0.3) is 10.6 Å². The summed E-state index contributed by atoms with van der Waals surface area (Å²) in [6.07, 6.45) is 0. The number of halogens is 1. The molecule has 124 valence electrons. The van der Waals surface area contributed by atoms with E-state index in [1.165, 1.54) is 0 Å². The Morgan fingerprint density at radius 1 is 1.33 bits per heavy atom. The molecular formula is C17H14ClNO4S. The number of benzene rings is 1. The van der Waals surface area contributed by atoms with E-state index in [-0.39, 0.29) is 13.2 Å². The average molecular weight is 364 g/mol. The monoisotopic (exact) mass is 363 g/mol. The molecule has 0 aliphatic heterocycles. The zero-order valence-corrected chi connectivity index (χ0v) is 14.4. The van der Waals surface area contributed by atoms with Crippen LogP contribution in [0.1, 0.15) is 11.3 Å². The molecule has 0 saturated heterocycles. The summed E-state index contributed by atoms with van der Waals surface area (Å²) in [6.45, 7) is 1.71. The Morgan fingerprint density at radius 2 is 2.21 bits per heavy atom. The van der Waals surface area contributed by atoms with Gasteiger partial charge in [0.15, 0.2) is 12.4 Å². The number of nitrogens with zero attached hydrogens (tertiary/aromatic N) is 1. The van der Waals surface area contributed by atoms with Crippen LogP contribution in [-0.2, 0) is 16.1 Å². The summed E-state index contributed by atoms with van der Waals surface area (Å²) in [5.74, 6) is 0.770. The third kappa shape index (κ3) is 4.15. The maximum Gasteiger partial charge on any atom is 0.344 e. The second-order valence-electron chi connectivity index (χ2n) is 5.02. The van der Waals surface area contributed by atoms with Gasteiger partial charge in [0.2, 0.25) is 0 Å². The minimum Gasteiger partial charge on any atom is -0.482 e. The molecule has 0 bridgehead atoms. The molecule has 0 radical (unpaired) electrons. The summed E-state index contributed by atoms with van der Waals surface area (Å²) >= 11 is 7.42. The van der Waals surface area contributed by atoms with Gasteiger partial charge in [0.25, 0.3) is 0 Å². The van der Waals surface area contributed by atoms with Crippen molar-refractivity contribution in [3.8, 4) is 16.4 Å². The first-order chi connectivity index (χ1) is 11.6. The maximum absolute atomic E-state index is 11.8. The van der Waals surface area contributed by atoms with Crippen molar-refractivity contribution in [2.45, 2.75) is 13.5 Å². The molecule has 0 atom stereocenters. The fourth-order valence-electron chi connectivity index (χ4n) is 2.02.